The average Bonchev–Trinajstić information content (AvgIpc) is 3.02. The molecule has 1 amide bonds. The van der Waals surface area contributed by atoms with E-state index in [1.54, 1.807) is 17.0 Å². The van der Waals surface area contributed by atoms with Crippen LogP contribution in [0.3, 0.4) is 0 Å². The number of carbonyl (C=O) groups excluding carboxylic acids is 1. The lowest BCUT2D eigenvalue weighted by Crippen LogP contribution is -2.22. The molecule has 0 unspecified atom stereocenters. The van der Waals surface area contributed by atoms with E-state index in [4.69, 9.17) is 16.3 Å². The molecule has 3 aromatic rings. The Morgan fingerprint density at radius 2 is 2.12 bits per heavy atom. The summed E-state index contributed by atoms with van der Waals surface area (Å²) in [5, 5.41) is 3.02. The van der Waals surface area contributed by atoms with E-state index in [1.165, 1.54) is 18.3 Å². The lowest BCUT2D eigenvalue weighted by molar-refractivity contribution is -0.115. The zero-order chi connectivity index (χ0) is 18.7. The molecule has 134 valence electrons. The summed E-state index contributed by atoms with van der Waals surface area (Å²) in [6, 6.07) is 13.2. The van der Waals surface area contributed by atoms with E-state index in [-0.39, 0.29) is 12.5 Å². The van der Waals surface area contributed by atoms with Gasteiger partial charge in [0.25, 0.3) is 0 Å². The predicted octanol–water partition coefficient (Wildman–Crippen LogP) is 6.13. The molecule has 4 nitrogen and oxygen atoms in total. The monoisotopic (exact) mass is 450 g/mol. The highest BCUT2D eigenvalue weighted by Crippen LogP contribution is 2.31. The van der Waals surface area contributed by atoms with Crippen LogP contribution in [0, 0.1) is 6.92 Å². The Labute approximate surface area is 169 Å². The molecule has 0 radical (unpaired) electrons. The number of rotatable bonds is 5. The summed E-state index contributed by atoms with van der Waals surface area (Å²) in [4.78, 5) is 18.3. The average molecular weight is 452 g/mol. The molecule has 0 saturated carbocycles. The van der Waals surface area contributed by atoms with Crippen LogP contribution in [0.1, 0.15) is 18.2 Å². The molecule has 0 N–H and O–H groups in total. The van der Waals surface area contributed by atoms with Gasteiger partial charge < -0.3 is 4.74 Å². The molecule has 0 aliphatic rings. The Kier molecular flexibility index (Phi) is 5.96. The summed E-state index contributed by atoms with van der Waals surface area (Å²) in [7, 11) is 0. The number of hydrogen-bond donors (Lipinski definition) is 0. The molecule has 0 spiro atoms. The topological polar surface area (TPSA) is 42.4 Å². The van der Waals surface area contributed by atoms with Gasteiger partial charge in [-0.05, 0) is 42.8 Å². The van der Waals surface area contributed by atoms with Crippen LogP contribution < -0.4 is 9.64 Å². The molecular formula is C19H16BrClN2O2S. The molecule has 26 heavy (non-hydrogen) atoms. The van der Waals surface area contributed by atoms with Crippen molar-refractivity contribution in [1.29, 1.82) is 0 Å². The van der Waals surface area contributed by atoms with E-state index >= 15 is 0 Å². The maximum Gasteiger partial charge on any atom is 0.230 e. The van der Waals surface area contributed by atoms with Crippen LogP contribution >= 0.6 is 38.9 Å². The van der Waals surface area contributed by atoms with Crippen LogP contribution in [-0.2, 0) is 11.4 Å². The molecular weight excluding hydrogens is 436 g/mol. The molecule has 0 atom stereocenters. The zero-order valence-electron chi connectivity index (χ0n) is 14.2. The zero-order valence-corrected chi connectivity index (χ0v) is 17.4. The molecule has 1 heterocycles. The third-order valence-corrected chi connectivity index (χ3v) is 5.24. The molecule has 2 aromatic carbocycles. The number of benzene rings is 2. The number of halogens is 2. The molecule has 0 aliphatic heterocycles. The van der Waals surface area contributed by atoms with Gasteiger partial charge in [0.05, 0.1) is 16.4 Å². The Morgan fingerprint density at radius 1 is 1.31 bits per heavy atom. The first-order chi connectivity index (χ1) is 12.4. The van der Waals surface area contributed by atoms with Crippen molar-refractivity contribution in [1.82, 2.24) is 4.98 Å². The lowest BCUT2D eigenvalue weighted by atomic mass is 10.2. The number of aromatic nitrogens is 1. The standard InChI is InChI=1S/C19H16BrClN2O2S/c1-12-4-3-5-16(8-12)23(13(2)24)19-22-15(11-26-19)10-25-18-7-6-14(20)9-17(18)21/h3-9,11H,10H2,1-2H3. The highest BCUT2D eigenvalue weighted by molar-refractivity contribution is 9.10. The van der Waals surface area contributed by atoms with Crippen molar-refractivity contribution < 1.29 is 9.53 Å². The minimum Gasteiger partial charge on any atom is -0.486 e. The van der Waals surface area contributed by atoms with Gasteiger partial charge in [-0.3, -0.25) is 9.69 Å². The number of aryl methyl sites for hydroxylation is 1. The number of amides is 1. The maximum atomic E-state index is 12.2. The highest BCUT2D eigenvalue weighted by atomic mass is 79.9. The second-order valence-electron chi connectivity index (χ2n) is 5.68. The first-order valence-corrected chi connectivity index (χ1v) is 9.88. The largest absolute Gasteiger partial charge is 0.486 e. The van der Waals surface area contributed by atoms with E-state index in [2.05, 4.69) is 20.9 Å². The predicted molar refractivity (Wildman–Crippen MR) is 110 cm³/mol. The van der Waals surface area contributed by atoms with Crippen LogP contribution in [0.4, 0.5) is 10.8 Å². The summed E-state index contributed by atoms with van der Waals surface area (Å²) >= 11 is 10.9. The maximum absolute atomic E-state index is 12.2. The summed E-state index contributed by atoms with van der Waals surface area (Å²) in [6.07, 6.45) is 0. The number of anilines is 2. The number of nitrogens with zero attached hydrogens (tertiary/aromatic N) is 2. The Morgan fingerprint density at radius 3 is 2.81 bits per heavy atom. The van der Waals surface area contributed by atoms with Crippen molar-refractivity contribution in [2.45, 2.75) is 20.5 Å². The molecule has 0 aliphatic carbocycles. The van der Waals surface area contributed by atoms with Crippen molar-refractivity contribution in [2.75, 3.05) is 4.90 Å². The quantitative estimate of drug-likeness (QED) is 0.468. The van der Waals surface area contributed by atoms with Crippen LogP contribution in [0.5, 0.6) is 5.75 Å². The van der Waals surface area contributed by atoms with Gasteiger partial charge >= 0.3 is 0 Å². The first kappa shape index (κ1) is 18.9. The third kappa shape index (κ3) is 4.44. The fraction of sp³-hybridized carbons (Fsp3) is 0.158. The Balaban J connectivity index is 1.78. The minimum absolute atomic E-state index is 0.0895. The third-order valence-electron chi connectivity index (χ3n) is 3.58. The van der Waals surface area contributed by atoms with E-state index in [9.17, 15) is 4.79 Å². The SMILES string of the molecule is CC(=O)N(c1cccc(C)c1)c1nc(COc2ccc(Br)cc2Cl)cs1. The van der Waals surface area contributed by atoms with Crippen molar-refractivity contribution >= 4 is 55.6 Å². The van der Waals surface area contributed by atoms with E-state index in [0.29, 0.717) is 15.9 Å². The molecule has 0 fully saturated rings. The Hall–Kier alpha value is -1.89. The van der Waals surface area contributed by atoms with Crippen molar-refractivity contribution in [3.8, 4) is 5.75 Å². The fourth-order valence-corrected chi connectivity index (χ4v) is 4.00. The smallest absolute Gasteiger partial charge is 0.230 e. The van der Waals surface area contributed by atoms with Crippen LogP contribution in [0.2, 0.25) is 5.02 Å². The van der Waals surface area contributed by atoms with Crippen molar-refractivity contribution in [3.05, 3.63) is 68.6 Å². The normalized spacial score (nSPS) is 10.6. The number of carbonyl (C=O) groups is 1. The fourth-order valence-electron chi connectivity index (χ4n) is 2.40. The molecule has 0 bridgehead atoms. The summed E-state index contributed by atoms with van der Waals surface area (Å²) in [6.45, 7) is 3.80. The van der Waals surface area contributed by atoms with Crippen LogP contribution in [0.25, 0.3) is 0 Å². The van der Waals surface area contributed by atoms with Crippen LogP contribution in [0.15, 0.2) is 52.3 Å². The van der Waals surface area contributed by atoms with Gasteiger partial charge in [0.15, 0.2) is 5.13 Å². The molecule has 0 saturated heterocycles. The van der Waals surface area contributed by atoms with Crippen molar-refractivity contribution in [2.24, 2.45) is 0 Å². The van der Waals surface area contributed by atoms with Gasteiger partial charge in [0.1, 0.15) is 12.4 Å². The van der Waals surface area contributed by atoms with Gasteiger partial charge in [-0.2, -0.15) is 0 Å². The second-order valence-corrected chi connectivity index (χ2v) is 7.84. The first-order valence-electron chi connectivity index (χ1n) is 7.83. The number of hydrogen-bond acceptors (Lipinski definition) is 4. The van der Waals surface area contributed by atoms with Crippen LogP contribution in [-0.4, -0.2) is 10.9 Å². The molecule has 1 aromatic heterocycles. The summed E-state index contributed by atoms with van der Waals surface area (Å²) < 4.78 is 6.63. The van der Waals surface area contributed by atoms with E-state index in [1.807, 2.05) is 42.6 Å². The number of thiazole rings is 1. The Bertz CT molecular complexity index is 945. The lowest BCUT2D eigenvalue weighted by Gasteiger charge is -2.18. The minimum atomic E-state index is -0.0895. The van der Waals surface area contributed by atoms with Gasteiger partial charge in [0, 0.05) is 16.8 Å². The van der Waals surface area contributed by atoms with Gasteiger partial charge in [0.2, 0.25) is 5.91 Å². The van der Waals surface area contributed by atoms with Gasteiger partial charge in [-0.25, -0.2) is 4.98 Å². The van der Waals surface area contributed by atoms with E-state index < -0.39 is 0 Å². The molecule has 3 rings (SSSR count). The van der Waals surface area contributed by atoms with E-state index in [0.717, 1.165) is 21.4 Å². The number of ether oxygens (including phenoxy) is 1. The highest BCUT2D eigenvalue weighted by Gasteiger charge is 2.18. The molecule has 7 heteroatoms. The van der Waals surface area contributed by atoms with Gasteiger partial charge in [-0.15, -0.1) is 11.3 Å². The second kappa shape index (κ2) is 8.20. The summed E-state index contributed by atoms with van der Waals surface area (Å²) in [5.41, 5.74) is 2.62. The van der Waals surface area contributed by atoms with Crippen molar-refractivity contribution in [3.63, 3.8) is 0 Å². The van der Waals surface area contributed by atoms with Gasteiger partial charge in [-0.1, -0.05) is 39.7 Å². The summed E-state index contributed by atoms with van der Waals surface area (Å²) in [5.74, 6) is 0.500.